The van der Waals surface area contributed by atoms with Gasteiger partial charge in [-0.1, -0.05) is 35.9 Å². The summed E-state index contributed by atoms with van der Waals surface area (Å²) in [5, 5.41) is 7.09. The highest BCUT2D eigenvalue weighted by Gasteiger charge is 2.07. The molecule has 22 heavy (non-hydrogen) atoms. The first kappa shape index (κ1) is 16.3. The standard InChI is InChI=1S/C18H22N2OS/c1-4-21-17-7-5-6-16(12-17)20-18(22)19-14(3)15-10-8-13(2)9-11-15/h5-12,14H,4H2,1-3H3,(H2,19,20,22)/t14-/m0/s1. The van der Waals surface area contributed by atoms with Crippen LogP contribution < -0.4 is 15.4 Å². The number of hydrogen-bond acceptors (Lipinski definition) is 2. The number of aryl methyl sites for hydroxylation is 1. The monoisotopic (exact) mass is 314 g/mol. The quantitative estimate of drug-likeness (QED) is 0.799. The fourth-order valence-electron chi connectivity index (χ4n) is 2.13. The van der Waals surface area contributed by atoms with E-state index < -0.39 is 0 Å². The van der Waals surface area contributed by atoms with Gasteiger partial charge in [0.1, 0.15) is 5.75 Å². The summed E-state index contributed by atoms with van der Waals surface area (Å²) in [5.74, 6) is 0.835. The lowest BCUT2D eigenvalue weighted by Gasteiger charge is -2.18. The SMILES string of the molecule is CCOc1cccc(NC(=S)N[C@@H](C)c2ccc(C)cc2)c1. The molecule has 4 heteroatoms. The van der Waals surface area contributed by atoms with E-state index in [2.05, 4.69) is 48.7 Å². The van der Waals surface area contributed by atoms with Crippen LogP contribution in [0.3, 0.4) is 0 Å². The minimum Gasteiger partial charge on any atom is -0.494 e. The Hall–Kier alpha value is -2.07. The molecule has 0 aromatic heterocycles. The van der Waals surface area contributed by atoms with Crippen molar-refractivity contribution in [2.45, 2.75) is 26.8 Å². The van der Waals surface area contributed by atoms with Crippen molar-refractivity contribution in [1.29, 1.82) is 0 Å². The summed E-state index contributed by atoms with van der Waals surface area (Å²) < 4.78 is 5.49. The Bertz CT molecular complexity index is 625. The van der Waals surface area contributed by atoms with Crippen molar-refractivity contribution in [3.63, 3.8) is 0 Å². The fourth-order valence-corrected chi connectivity index (χ4v) is 2.43. The van der Waals surface area contributed by atoms with Crippen LogP contribution in [-0.4, -0.2) is 11.7 Å². The van der Waals surface area contributed by atoms with Gasteiger partial charge in [-0.15, -0.1) is 0 Å². The maximum Gasteiger partial charge on any atom is 0.171 e. The van der Waals surface area contributed by atoms with Crippen LogP contribution in [0, 0.1) is 6.92 Å². The molecule has 0 heterocycles. The summed E-state index contributed by atoms with van der Waals surface area (Å²) in [6, 6.07) is 16.4. The first-order valence-electron chi connectivity index (χ1n) is 7.45. The van der Waals surface area contributed by atoms with E-state index in [1.54, 1.807) is 0 Å². The molecule has 0 saturated heterocycles. The Labute approximate surface area is 137 Å². The minimum absolute atomic E-state index is 0.149. The van der Waals surface area contributed by atoms with Crippen molar-refractivity contribution >= 4 is 23.0 Å². The number of benzene rings is 2. The molecule has 2 rings (SSSR count). The Morgan fingerprint density at radius 2 is 1.91 bits per heavy atom. The van der Waals surface area contributed by atoms with Crippen LogP contribution in [0.25, 0.3) is 0 Å². The number of rotatable bonds is 5. The largest absolute Gasteiger partial charge is 0.494 e. The van der Waals surface area contributed by atoms with Gasteiger partial charge in [0.15, 0.2) is 5.11 Å². The van der Waals surface area contributed by atoms with Crippen LogP contribution in [0.2, 0.25) is 0 Å². The van der Waals surface area contributed by atoms with Gasteiger partial charge in [-0.05, 0) is 50.7 Å². The van der Waals surface area contributed by atoms with Gasteiger partial charge in [-0.3, -0.25) is 0 Å². The Balaban J connectivity index is 1.94. The number of hydrogen-bond donors (Lipinski definition) is 2. The molecule has 1 atom stereocenters. The highest BCUT2D eigenvalue weighted by Crippen LogP contribution is 2.18. The van der Waals surface area contributed by atoms with E-state index in [1.165, 1.54) is 11.1 Å². The molecule has 3 nitrogen and oxygen atoms in total. The molecule has 0 spiro atoms. The molecule has 2 aromatic rings. The van der Waals surface area contributed by atoms with E-state index in [0.717, 1.165) is 11.4 Å². The van der Waals surface area contributed by atoms with E-state index in [9.17, 15) is 0 Å². The van der Waals surface area contributed by atoms with E-state index >= 15 is 0 Å². The predicted molar refractivity (Wildman–Crippen MR) is 96.6 cm³/mol. The third kappa shape index (κ3) is 4.74. The molecule has 2 N–H and O–H groups in total. The summed E-state index contributed by atoms with van der Waals surface area (Å²) in [6.07, 6.45) is 0. The van der Waals surface area contributed by atoms with Gasteiger partial charge in [0.05, 0.1) is 12.6 Å². The molecule has 0 aliphatic rings. The Morgan fingerprint density at radius 3 is 2.59 bits per heavy atom. The van der Waals surface area contributed by atoms with Gasteiger partial charge in [-0.2, -0.15) is 0 Å². The van der Waals surface area contributed by atoms with Crippen LogP contribution in [0.4, 0.5) is 5.69 Å². The molecule has 0 aliphatic carbocycles. The zero-order chi connectivity index (χ0) is 15.9. The first-order chi connectivity index (χ1) is 10.6. The van der Waals surface area contributed by atoms with Gasteiger partial charge in [0.2, 0.25) is 0 Å². The van der Waals surface area contributed by atoms with Crippen molar-refractivity contribution in [3.05, 3.63) is 59.7 Å². The topological polar surface area (TPSA) is 33.3 Å². The van der Waals surface area contributed by atoms with E-state index in [-0.39, 0.29) is 6.04 Å². The maximum absolute atomic E-state index is 5.49. The molecule has 116 valence electrons. The van der Waals surface area contributed by atoms with Crippen LogP contribution in [-0.2, 0) is 0 Å². The summed E-state index contributed by atoms with van der Waals surface area (Å²) >= 11 is 5.38. The fraction of sp³-hybridized carbons (Fsp3) is 0.278. The molecule has 0 saturated carbocycles. The second-order valence-corrected chi connectivity index (χ2v) is 5.60. The van der Waals surface area contributed by atoms with Crippen LogP contribution in [0.5, 0.6) is 5.75 Å². The zero-order valence-corrected chi connectivity index (χ0v) is 14.0. The van der Waals surface area contributed by atoms with Crippen molar-refractivity contribution < 1.29 is 4.74 Å². The smallest absolute Gasteiger partial charge is 0.171 e. The van der Waals surface area contributed by atoms with Crippen molar-refractivity contribution in [2.24, 2.45) is 0 Å². The molecule has 0 amide bonds. The average molecular weight is 314 g/mol. The lowest BCUT2D eigenvalue weighted by molar-refractivity contribution is 0.340. The van der Waals surface area contributed by atoms with Gasteiger partial charge < -0.3 is 15.4 Å². The van der Waals surface area contributed by atoms with Crippen molar-refractivity contribution in [2.75, 3.05) is 11.9 Å². The number of nitrogens with one attached hydrogen (secondary N) is 2. The van der Waals surface area contributed by atoms with Gasteiger partial charge in [0.25, 0.3) is 0 Å². The minimum atomic E-state index is 0.149. The van der Waals surface area contributed by atoms with E-state index in [4.69, 9.17) is 17.0 Å². The normalized spacial score (nSPS) is 11.6. The average Bonchev–Trinajstić information content (AvgIpc) is 2.48. The van der Waals surface area contributed by atoms with Crippen LogP contribution in [0.1, 0.15) is 31.0 Å². The van der Waals surface area contributed by atoms with E-state index in [0.29, 0.717) is 11.7 Å². The molecular formula is C18H22N2OS. The molecule has 0 aliphatic heterocycles. The Morgan fingerprint density at radius 1 is 1.18 bits per heavy atom. The van der Waals surface area contributed by atoms with Crippen LogP contribution >= 0.6 is 12.2 Å². The molecule has 0 fully saturated rings. The van der Waals surface area contributed by atoms with Gasteiger partial charge in [-0.25, -0.2) is 0 Å². The second-order valence-electron chi connectivity index (χ2n) is 5.19. The third-order valence-electron chi connectivity index (χ3n) is 3.33. The molecular weight excluding hydrogens is 292 g/mol. The summed E-state index contributed by atoms with van der Waals surface area (Å²) in [6.45, 7) is 6.79. The Kier molecular flexibility index (Phi) is 5.78. The number of ether oxygens (including phenoxy) is 1. The molecule has 0 unspecified atom stereocenters. The van der Waals surface area contributed by atoms with Crippen molar-refractivity contribution in [1.82, 2.24) is 5.32 Å². The molecule has 2 aromatic carbocycles. The third-order valence-corrected chi connectivity index (χ3v) is 3.55. The van der Waals surface area contributed by atoms with E-state index in [1.807, 2.05) is 31.2 Å². The number of anilines is 1. The molecule has 0 radical (unpaired) electrons. The summed E-state index contributed by atoms with van der Waals surface area (Å²) in [5.41, 5.74) is 3.38. The zero-order valence-electron chi connectivity index (χ0n) is 13.2. The lowest BCUT2D eigenvalue weighted by atomic mass is 10.1. The maximum atomic E-state index is 5.49. The predicted octanol–water partition coefficient (Wildman–Crippen LogP) is 4.44. The number of thiocarbonyl (C=S) groups is 1. The van der Waals surface area contributed by atoms with Crippen molar-refractivity contribution in [3.8, 4) is 5.75 Å². The van der Waals surface area contributed by atoms with Gasteiger partial charge in [0, 0.05) is 11.8 Å². The summed E-state index contributed by atoms with van der Waals surface area (Å²) in [4.78, 5) is 0. The molecule has 0 bridgehead atoms. The van der Waals surface area contributed by atoms with Gasteiger partial charge >= 0.3 is 0 Å². The highest BCUT2D eigenvalue weighted by atomic mass is 32.1. The van der Waals surface area contributed by atoms with Crippen LogP contribution in [0.15, 0.2) is 48.5 Å². The summed E-state index contributed by atoms with van der Waals surface area (Å²) in [7, 11) is 0. The first-order valence-corrected chi connectivity index (χ1v) is 7.86. The lowest BCUT2D eigenvalue weighted by Crippen LogP contribution is -2.30. The highest BCUT2D eigenvalue weighted by molar-refractivity contribution is 7.80. The second kappa shape index (κ2) is 7.80.